The van der Waals surface area contributed by atoms with Gasteiger partial charge in [0.1, 0.15) is 43.2 Å². The molecule has 34 atom stereocenters. The third-order valence-corrected chi connectivity index (χ3v) is 24.5. The summed E-state index contributed by atoms with van der Waals surface area (Å²) in [5.41, 5.74) is -0.168. The summed E-state index contributed by atoms with van der Waals surface area (Å²) in [7, 11) is 6.25. The summed E-state index contributed by atoms with van der Waals surface area (Å²) >= 11 is 0. The molecule has 536 valence electrons. The number of Topliss-reactive ketones (excluding diaryl/α,β-unsaturated/α-hetero) is 1. The molecule has 0 amide bonds. The summed E-state index contributed by atoms with van der Waals surface area (Å²) in [6.45, 7) is 22.1. The maximum absolute atomic E-state index is 13.1. The van der Waals surface area contributed by atoms with Gasteiger partial charge in [-0.2, -0.15) is 4.89 Å². The Morgan fingerprint density at radius 1 is 0.606 bits per heavy atom. The van der Waals surface area contributed by atoms with Crippen molar-refractivity contribution in [3.8, 4) is 0 Å². The van der Waals surface area contributed by atoms with E-state index in [0.717, 1.165) is 44.9 Å². The van der Waals surface area contributed by atoms with Crippen molar-refractivity contribution in [2.45, 2.75) is 343 Å². The van der Waals surface area contributed by atoms with Crippen molar-refractivity contribution in [2.24, 2.45) is 28.1 Å². The SMILES string of the molecule is COC1=CC(C)OC(OC2CCC3(C)C(=CCC4(C)C3CCC3(C)C4CCC3(O)C(C)OC3CC4OCC5(CC(OC)C(OC6CC(O)C(OC7CC(O)C(OC8CC(OC)C(OC9CC(OC)C(O)C(C)O9)C(C)O8)C(C)O7)C(C)O6)C(C)O5)OOC4C(C)O3)C2)C1=O. The predicted molar refractivity (Wildman–Crippen MR) is 329 cm³/mol. The highest BCUT2D eigenvalue weighted by molar-refractivity contribution is 5.96. The molecule has 12 rings (SSSR count). The van der Waals surface area contributed by atoms with Gasteiger partial charge in [-0.05, 0) is 135 Å². The quantitative estimate of drug-likeness (QED) is 0.0922. The molecule has 1 spiro atoms. The molecule has 4 aliphatic carbocycles. The standard InChI is InChI=1S/C69H110O25/c1-33-24-45(75-12)58(73)64(80-33)87-42-17-21-65(9)41(25-42)16-20-66(10)50(65)18-22-67(11)51(66)19-23-69(67,74)40(8)86-54-30-48-63(38(6)85-54)93-94-68(32-79-48)31-49(78-15)62(39(7)92-68)90-53-27-44(71)59(35(3)83-53)88-52-26-43(70)60(36(4)82-52)89-56-29-47(77-14)61(37(5)84-56)91-55-28-46(76-13)57(72)34(2)81-55/h16,24,33-40,42-44,46-57,59-64,70-72,74H,17-23,25-32H2,1-15H3. The van der Waals surface area contributed by atoms with Gasteiger partial charge in [-0.25, -0.2) is 4.89 Å². The summed E-state index contributed by atoms with van der Waals surface area (Å²) in [6, 6.07) is 0. The molecule has 8 aliphatic heterocycles. The first-order valence-electron chi connectivity index (χ1n) is 35.0. The normalized spacial score (nSPS) is 52.7. The molecule has 3 saturated carbocycles. The van der Waals surface area contributed by atoms with E-state index >= 15 is 0 Å². The molecule has 25 nitrogen and oxygen atoms in total. The molecule has 0 radical (unpaired) electrons. The largest absolute Gasteiger partial charge is 0.493 e. The molecule has 0 aromatic rings. The molecule has 7 saturated heterocycles. The fraction of sp³-hybridized carbons (Fsp3) is 0.928. The highest BCUT2D eigenvalue weighted by Gasteiger charge is 2.70. The number of carbonyl (C=O) groups excluding carboxylic acids is 1. The third-order valence-electron chi connectivity index (χ3n) is 24.5. The van der Waals surface area contributed by atoms with E-state index in [1.807, 2.05) is 34.6 Å². The monoisotopic (exact) mass is 1340 g/mol. The van der Waals surface area contributed by atoms with Crippen LogP contribution in [0.15, 0.2) is 23.5 Å². The molecule has 0 aromatic carbocycles. The Morgan fingerprint density at radius 2 is 1.18 bits per heavy atom. The molecule has 12 aliphatic rings. The number of ether oxygens (including phenoxy) is 18. The lowest BCUT2D eigenvalue weighted by Crippen LogP contribution is -2.62. The summed E-state index contributed by atoms with van der Waals surface area (Å²) in [5.74, 6) is -0.659. The van der Waals surface area contributed by atoms with Gasteiger partial charge >= 0.3 is 0 Å². The first kappa shape index (κ1) is 71.8. The van der Waals surface area contributed by atoms with E-state index in [1.165, 1.54) is 12.7 Å². The Hall–Kier alpha value is -1.97. The average molecular weight is 1340 g/mol. The zero-order valence-electron chi connectivity index (χ0n) is 57.9. The molecule has 4 N–H and O–H groups in total. The van der Waals surface area contributed by atoms with E-state index in [9.17, 15) is 25.2 Å². The van der Waals surface area contributed by atoms with Crippen LogP contribution in [0, 0.1) is 28.1 Å². The van der Waals surface area contributed by atoms with Crippen molar-refractivity contribution >= 4 is 5.78 Å². The van der Waals surface area contributed by atoms with Crippen LogP contribution >= 0.6 is 0 Å². The number of carbonyl (C=O) groups is 1. The van der Waals surface area contributed by atoms with Crippen LogP contribution in [0.3, 0.4) is 0 Å². The highest BCUT2D eigenvalue weighted by atomic mass is 17.2. The summed E-state index contributed by atoms with van der Waals surface area (Å²) in [6.07, 6.45) is -4.90. The number of hydrogen-bond acceptors (Lipinski definition) is 25. The first-order valence-corrected chi connectivity index (χ1v) is 35.0. The van der Waals surface area contributed by atoms with Crippen molar-refractivity contribution in [3.05, 3.63) is 23.5 Å². The topological polar surface area (TPSA) is 283 Å². The van der Waals surface area contributed by atoms with E-state index in [2.05, 4.69) is 26.8 Å². The van der Waals surface area contributed by atoms with Crippen LogP contribution in [0.4, 0.5) is 0 Å². The number of hydrogen-bond donors (Lipinski definition) is 4. The Labute approximate surface area is 554 Å². The van der Waals surface area contributed by atoms with Crippen LogP contribution in [0.5, 0.6) is 0 Å². The minimum atomic E-state index is -1.37. The van der Waals surface area contributed by atoms with Gasteiger partial charge in [-0.3, -0.25) is 4.79 Å². The van der Waals surface area contributed by atoms with Gasteiger partial charge in [0.2, 0.25) is 12.1 Å². The number of ketones is 1. The number of rotatable bonds is 17. The van der Waals surface area contributed by atoms with Crippen molar-refractivity contribution in [3.63, 3.8) is 0 Å². The van der Waals surface area contributed by atoms with Crippen LogP contribution in [-0.4, -0.2) is 239 Å². The number of aliphatic hydroxyl groups is 4. The Balaban J connectivity index is 0.600. The number of aliphatic hydroxyl groups excluding tert-OH is 3. The Kier molecular flexibility index (Phi) is 21.7. The van der Waals surface area contributed by atoms with Gasteiger partial charge in [0.05, 0.1) is 104 Å². The summed E-state index contributed by atoms with van der Waals surface area (Å²) in [5, 5.41) is 46.7. The van der Waals surface area contributed by atoms with Crippen LogP contribution < -0.4 is 0 Å². The second-order valence-electron chi connectivity index (χ2n) is 30.2. The molecular formula is C69H110O25. The number of allylic oxidation sites excluding steroid dienone is 1. The molecular weight excluding hydrogens is 1230 g/mol. The second-order valence-corrected chi connectivity index (χ2v) is 30.2. The zero-order chi connectivity index (χ0) is 67.1. The van der Waals surface area contributed by atoms with Crippen molar-refractivity contribution in [2.75, 3.05) is 35.0 Å². The van der Waals surface area contributed by atoms with Crippen LogP contribution in [0.25, 0.3) is 0 Å². The van der Waals surface area contributed by atoms with E-state index in [-0.39, 0.29) is 66.4 Å². The second kappa shape index (κ2) is 28.5. The minimum absolute atomic E-state index is 0.0166. The van der Waals surface area contributed by atoms with Gasteiger partial charge in [0.15, 0.2) is 37.2 Å². The smallest absolute Gasteiger partial charge is 0.252 e. The number of methoxy groups -OCH3 is 4. The van der Waals surface area contributed by atoms with E-state index in [0.29, 0.717) is 31.6 Å². The van der Waals surface area contributed by atoms with Crippen molar-refractivity contribution in [1.29, 1.82) is 0 Å². The fourth-order valence-electron chi connectivity index (χ4n) is 19.3. The molecule has 25 heteroatoms. The van der Waals surface area contributed by atoms with Gasteiger partial charge < -0.3 is 106 Å². The lowest BCUT2D eigenvalue weighted by Gasteiger charge is -2.64. The molecule has 10 fully saturated rings. The molecule has 0 aromatic heterocycles. The van der Waals surface area contributed by atoms with Gasteiger partial charge in [-0.1, -0.05) is 32.4 Å². The Morgan fingerprint density at radius 3 is 1.81 bits per heavy atom. The van der Waals surface area contributed by atoms with Gasteiger partial charge in [0.25, 0.3) is 5.78 Å². The summed E-state index contributed by atoms with van der Waals surface area (Å²) in [4.78, 5) is 25.6. The van der Waals surface area contributed by atoms with Crippen LogP contribution in [-0.2, 0) is 99.8 Å². The summed E-state index contributed by atoms with van der Waals surface area (Å²) < 4.78 is 113. The van der Waals surface area contributed by atoms with E-state index < -0.39 is 171 Å². The molecule has 34 unspecified atom stereocenters. The van der Waals surface area contributed by atoms with Gasteiger partial charge in [-0.15, -0.1) is 0 Å². The van der Waals surface area contributed by atoms with E-state index in [1.54, 1.807) is 48.2 Å². The van der Waals surface area contributed by atoms with Crippen LogP contribution in [0.1, 0.15) is 166 Å². The lowest BCUT2D eigenvalue weighted by atomic mass is 9.41. The number of fused-ring (bicyclic) bond motifs is 6. The Bertz CT molecular complexity index is 2630. The average Bonchev–Trinajstić information content (AvgIpc) is 1.40. The third kappa shape index (κ3) is 13.6. The lowest BCUT2D eigenvalue weighted by molar-refractivity contribution is -0.472. The highest BCUT2D eigenvalue weighted by Crippen LogP contribution is 2.72. The van der Waals surface area contributed by atoms with Crippen molar-refractivity contribution < 1.29 is 120 Å². The van der Waals surface area contributed by atoms with E-state index in [4.69, 9.17) is 95.0 Å². The maximum atomic E-state index is 13.1. The first-order chi connectivity index (χ1) is 44.6. The molecule has 0 bridgehead atoms. The molecule has 94 heavy (non-hydrogen) atoms. The maximum Gasteiger partial charge on any atom is 0.252 e. The predicted octanol–water partition coefficient (Wildman–Crippen LogP) is 6.27. The zero-order valence-corrected chi connectivity index (χ0v) is 57.9. The van der Waals surface area contributed by atoms with Crippen molar-refractivity contribution in [1.82, 2.24) is 0 Å². The van der Waals surface area contributed by atoms with Crippen LogP contribution in [0.2, 0.25) is 0 Å². The van der Waals surface area contributed by atoms with Gasteiger partial charge in [0, 0.05) is 65.3 Å². The minimum Gasteiger partial charge on any atom is -0.493 e. The molecule has 8 heterocycles. The fourth-order valence-corrected chi connectivity index (χ4v) is 19.3.